The molecule has 1 aliphatic heterocycles. The summed E-state index contributed by atoms with van der Waals surface area (Å²) in [5.74, 6) is -1.83. The third-order valence-corrected chi connectivity index (χ3v) is 5.24. The highest BCUT2D eigenvalue weighted by atomic mass is 16.2. The third-order valence-electron chi connectivity index (χ3n) is 5.24. The molecule has 1 heterocycles. The largest absolute Gasteiger partial charge is 0.334 e. The Hall–Kier alpha value is -4.26. The molecule has 1 aliphatic rings. The van der Waals surface area contributed by atoms with E-state index in [-0.39, 0.29) is 24.1 Å². The molecule has 0 saturated carbocycles. The molecule has 0 aromatic heterocycles. The quantitative estimate of drug-likeness (QED) is 0.592. The highest BCUT2D eigenvalue weighted by Crippen LogP contribution is 2.26. The second kappa shape index (κ2) is 9.26. The summed E-state index contributed by atoms with van der Waals surface area (Å²) in [4.78, 5) is 52.3. The van der Waals surface area contributed by atoms with Crippen LogP contribution in [0.25, 0.3) is 0 Å². The maximum absolute atomic E-state index is 13.1. The minimum absolute atomic E-state index is 0.0874. The number of nitrogens with one attached hydrogen (secondary N) is 2. The van der Waals surface area contributed by atoms with E-state index in [2.05, 4.69) is 10.6 Å². The number of imide groups is 2. The Kier molecular flexibility index (Phi) is 6.07. The van der Waals surface area contributed by atoms with Crippen molar-refractivity contribution in [1.29, 1.82) is 0 Å². The lowest BCUT2D eigenvalue weighted by atomic mass is 10.0. The molecule has 0 bridgehead atoms. The minimum atomic E-state index is -1.17. The van der Waals surface area contributed by atoms with Crippen LogP contribution in [0.5, 0.6) is 0 Å². The second-order valence-corrected chi connectivity index (χ2v) is 7.39. The van der Waals surface area contributed by atoms with Crippen molar-refractivity contribution >= 4 is 23.8 Å². The van der Waals surface area contributed by atoms with Crippen LogP contribution in [0.3, 0.4) is 0 Å². The first-order valence-corrected chi connectivity index (χ1v) is 10.2. The average molecular weight is 427 g/mol. The first kappa shape index (κ1) is 21.0. The van der Waals surface area contributed by atoms with E-state index in [1.54, 1.807) is 48.5 Å². The lowest BCUT2D eigenvalue weighted by molar-refractivity contribution is -0.123. The number of hydrogen-bond acceptors (Lipinski definition) is 4. The molecule has 1 atom stereocenters. The van der Waals surface area contributed by atoms with Gasteiger partial charge in [-0.3, -0.25) is 24.6 Å². The van der Waals surface area contributed by atoms with Gasteiger partial charge >= 0.3 is 6.03 Å². The van der Waals surface area contributed by atoms with E-state index in [0.717, 1.165) is 16.0 Å². The standard InChI is InChI=1S/C25H21N3O4/c29-22(27-25(32)26-16-18-11-5-2-6-12-18)21(15-17-9-3-1-4-10-17)28-23(30)19-13-7-8-14-20(19)24(28)31/h1-14,21H,15-16H2,(H2,26,27,29,32)/t21-/m1/s1. The molecule has 2 N–H and O–H groups in total. The summed E-state index contributed by atoms with van der Waals surface area (Å²) in [5.41, 5.74) is 2.12. The van der Waals surface area contributed by atoms with Gasteiger partial charge < -0.3 is 5.32 Å². The summed E-state index contributed by atoms with van der Waals surface area (Å²) in [6.07, 6.45) is 0.0874. The zero-order valence-corrected chi connectivity index (χ0v) is 17.2. The Bertz CT molecular complexity index is 1130. The lowest BCUT2D eigenvalue weighted by Gasteiger charge is -2.25. The molecule has 0 saturated heterocycles. The van der Waals surface area contributed by atoms with E-state index >= 15 is 0 Å². The van der Waals surface area contributed by atoms with E-state index in [4.69, 9.17) is 0 Å². The minimum Gasteiger partial charge on any atom is -0.334 e. The fourth-order valence-electron chi connectivity index (χ4n) is 3.65. The molecule has 0 aliphatic carbocycles. The van der Waals surface area contributed by atoms with Gasteiger partial charge in [-0.05, 0) is 23.3 Å². The molecule has 0 fully saturated rings. The summed E-state index contributed by atoms with van der Waals surface area (Å²) < 4.78 is 0. The molecule has 7 heteroatoms. The highest BCUT2D eigenvalue weighted by molar-refractivity contribution is 6.23. The van der Waals surface area contributed by atoms with Gasteiger partial charge in [0, 0.05) is 13.0 Å². The fraction of sp³-hybridized carbons (Fsp3) is 0.120. The Morgan fingerprint density at radius 1 is 0.719 bits per heavy atom. The van der Waals surface area contributed by atoms with Crippen LogP contribution in [0.2, 0.25) is 0 Å². The van der Waals surface area contributed by atoms with E-state index in [9.17, 15) is 19.2 Å². The van der Waals surface area contributed by atoms with Gasteiger partial charge in [0.1, 0.15) is 6.04 Å². The van der Waals surface area contributed by atoms with Crippen molar-refractivity contribution in [3.63, 3.8) is 0 Å². The van der Waals surface area contributed by atoms with Crippen molar-refractivity contribution in [2.45, 2.75) is 19.0 Å². The molecule has 7 nitrogen and oxygen atoms in total. The molecule has 0 radical (unpaired) electrons. The SMILES string of the molecule is O=C(NCc1ccccc1)NC(=O)[C@@H](Cc1ccccc1)N1C(=O)c2ccccc2C1=O. The van der Waals surface area contributed by atoms with Crippen LogP contribution >= 0.6 is 0 Å². The van der Waals surface area contributed by atoms with Gasteiger partial charge in [0.25, 0.3) is 17.7 Å². The van der Waals surface area contributed by atoms with E-state index in [0.29, 0.717) is 0 Å². The Morgan fingerprint density at radius 2 is 1.22 bits per heavy atom. The van der Waals surface area contributed by atoms with Crippen LogP contribution in [-0.4, -0.2) is 34.7 Å². The Labute approximate surface area is 185 Å². The summed E-state index contributed by atoms with van der Waals surface area (Å²) in [6, 6.07) is 22.9. The average Bonchev–Trinajstić information content (AvgIpc) is 3.07. The summed E-state index contributed by atoms with van der Waals surface area (Å²) in [5, 5.41) is 4.90. The zero-order valence-electron chi connectivity index (χ0n) is 17.2. The predicted octanol–water partition coefficient (Wildman–Crippen LogP) is 2.92. The second-order valence-electron chi connectivity index (χ2n) is 7.39. The maximum atomic E-state index is 13.1. The van der Waals surface area contributed by atoms with Crippen molar-refractivity contribution < 1.29 is 19.2 Å². The van der Waals surface area contributed by atoms with Crippen LogP contribution in [-0.2, 0) is 17.8 Å². The lowest BCUT2D eigenvalue weighted by Crippen LogP contribution is -2.53. The van der Waals surface area contributed by atoms with Gasteiger partial charge in [-0.2, -0.15) is 0 Å². The molecule has 5 amide bonds. The Morgan fingerprint density at radius 3 is 1.78 bits per heavy atom. The predicted molar refractivity (Wildman–Crippen MR) is 118 cm³/mol. The number of nitrogens with zero attached hydrogens (tertiary/aromatic N) is 1. The van der Waals surface area contributed by atoms with Crippen LogP contribution in [0, 0.1) is 0 Å². The number of carbonyl (C=O) groups is 4. The maximum Gasteiger partial charge on any atom is 0.321 e. The number of hydrogen-bond donors (Lipinski definition) is 2. The van der Waals surface area contributed by atoms with Gasteiger partial charge in [-0.25, -0.2) is 4.79 Å². The summed E-state index contributed by atoms with van der Waals surface area (Å²) in [6.45, 7) is 0.232. The number of benzene rings is 3. The van der Waals surface area contributed by atoms with Crippen molar-refractivity contribution in [2.24, 2.45) is 0 Å². The zero-order chi connectivity index (χ0) is 22.5. The Balaban J connectivity index is 1.53. The highest BCUT2D eigenvalue weighted by Gasteiger charge is 2.42. The van der Waals surface area contributed by atoms with Crippen molar-refractivity contribution in [1.82, 2.24) is 15.5 Å². The van der Waals surface area contributed by atoms with Crippen LogP contribution in [0.4, 0.5) is 4.79 Å². The smallest absolute Gasteiger partial charge is 0.321 e. The van der Waals surface area contributed by atoms with Gasteiger partial charge in [-0.1, -0.05) is 72.8 Å². The number of rotatable bonds is 6. The van der Waals surface area contributed by atoms with Gasteiger partial charge in [0.05, 0.1) is 11.1 Å². The van der Waals surface area contributed by atoms with Crippen LogP contribution < -0.4 is 10.6 Å². The van der Waals surface area contributed by atoms with Crippen LogP contribution in [0.15, 0.2) is 84.9 Å². The molecular formula is C25H21N3O4. The van der Waals surface area contributed by atoms with Gasteiger partial charge in [0.15, 0.2) is 0 Å². The summed E-state index contributed by atoms with van der Waals surface area (Å²) >= 11 is 0. The molecule has 0 unspecified atom stereocenters. The van der Waals surface area contributed by atoms with Crippen molar-refractivity contribution in [3.05, 3.63) is 107 Å². The van der Waals surface area contributed by atoms with E-state index < -0.39 is 29.8 Å². The number of amides is 5. The monoisotopic (exact) mass is 427 g/mol. The molecule has 0 spiro atoms. The molecule has 160 valence electrons. The number of urea groups is 1. The van der Waals surface area contributed by atoms with Crippen molar-refractivity contribution in [3.8, 4) is 0 Å². The number of fused-ring (bicyclic) bond motifs is 1. The van der Waals surface area contributed by atoms with Crippen molar-refractivity contribution in [2.75, 3.05) is 0 Å². The third kappa shape index (κ3) is 4.41. The molecule has 3 aromatic carbocycles. The van der Waals surface area contributed by atoms with Gasteiger partial charge in [-0.15, -0.1) is 0 Å². The van der Waals surface area contributed by atoms with E-state index in [1.165, 1.54) is 0 Å². The number of carbonyl (C=O) groups excluding carboxylic acids is 4. The molecule has 32 heavy (non-hydrogen) atoms. The summed E-state index contributed by atoms with van der Waals surface area (Å²) in [7, 11) is 0. The normalized spacial score (nSPS) is 13.4. The van der Waals surface area contributed by atoms with Crippen LogP contribution in [0.1, 0.15) is 31.8 Å². The molecular weight excluding hydrogens is 406 g/mol. The first-order chi connectivity index (χ1) is 15.5. The fourth-order valence-corrected chi connectivity index (χ4v) is 3.65. The molecule has 4 rings (SSSR count). The molecule has 3 aromatic rings. The topological polar surface area (TPSA) is 95.6 Å². The van der Waals surface area contributed by atoms with E-state index in [1.807, 2.05) is 36.4 Å². The first-order valence-electron chi connectivity index (χ1n) is 10.2. The van der Waals surface area contributed by atoms with Gasteiger partial charge in [0.2, 0.25) is 0 Å².